The molecule has 0 atom stereocenters. The number of benzene rings is 2. The summed E-state index contributed by atoms with van der Waals surface area (Å²) in [6.45, 7) is 7.04. The van der Waals surface area contributed by atoms with Crippen molar-refractivity contribution in [3.8, 4) is 11.5 Å². The van der Waals surface area contributed by atoms with Gasteiger partial charge in [0.15, 0.2) is 11.5 Å². The van der Waals surface area contributed by atoms with Gasteiger partial charge in [0, 0.05) is 24.0 Å². The van der Waals surface area contributed by atoms with Gasteiger partial charge < -0.3 is 20.1 Å². The first kappa shape index (κ1) is 17.1. The molecule has 0 unspecified atom stereocenters. The van der Waals surface area contributed by atoms with Gasteiger partial charge >= 0.3 is 0 Å². The van der Waals surface area contributed by atoms with Gasteiger partial charge in [-0.3, -0.25) is 0 Å². The molecule has 2 heterocycles. The van der Waals surface area contributed by atoms with Gasteiger partial charge in [-0.1, -0.05) is 18.2 Å². The molecule has 6 heteroatoms. The summed E-state index contributed by atoms with van der Waals surface area (Å²) in [7, 11) is 0. The molecule has 1 aromatic heterocycles. The molecule has 2 N–H and O–H groups in total. The number of ether oxygens (including phenoxy) is 2. The minimum absolute atomic E-state index is 0.278. The molecule has 0 fully saturated rings. The summed E-state index contributed by atoms with van der Waals surface area (Å²) in [6, 6.07) is 14.0. The maximum atomic E-state index is 5.43. The molecule has 0 aliphatic carbocycles. The minimum Gasteiger partial charge on any atom is -0.454 e. The maximum absolute atomic E-state index is 5.43. The van der Waals surface area contributed by atoms with E-state index in [4.69, 9.17) is 9.47 Å². The summed E-state index contributed by atoms with van der Waals surface area (Å²) >= 11 is 0. The first-order valence-corrected chi connectivity index (χ1v) is 8.90. The van der Waals surface area contributed by atoms with E-state index in [-0.39, 0.29) is 6.79 Å². The Morgan fingerprint density at radius 1 is 0.963 bits per heavy atom. The number of anilines is 3. The highest BCUT2D eigenvalue weighted by Gasteiger charge is 2.13. The Bertz CT molecular complexity index is 988. The molecule has 0 saturated heterocycles. The van der Waals surface area contributed by atoms with Crippen molar-refractivity contribution in [1.29, 1.82) is 0 Å². The van der Waals surface area contributed by atoms with Crippen LogP contribution in [0.2, 0.25) is 0 Å². The van der Waals surface area contributed by atoms with Crippen LogP contribution in [0.1, 0.15) is 22.4 Å². The van der Waals surface area contributed by atoms with E-state index in [1.54, 1.807) is 0 Å². The number of hydrogen-bond acceptors (Lipinski definition) is 6. The number of hydrogen-bond donors (Lipinski definition) is 2. The highest BCUT2D eigenvalue weighted by Crippen LogP contribution is 2.32. The van der Waals surface area contributed by atoms with Crippen LogP contribution >= 0.6 is 0 Å². The lowest BCUT2D eigenvalue weighted by molar-refractivity contribution is 0.174. The van der Waals surface area contributed by atoms with Gasteiger partial charge in [-0.25, -0.2) is 4.98 Å². The predicted molar refractivity (Wildman–Crippen MR) is 106 cm³/mol. The molecule has 6 nitrogen and oxygen atoms in total. The standard InChI is InChI=1S/C21H22N4O2/c1-13-5-4-6-17(15(13)3)24-20-9-14(2)23-21(25-20)22-11-16-7-8-18-19(10-16)27-12-26-18/h4-10H,11-12H2,1-3H3,(H2,22,23,24,25). The summed E-state index contributed by atoms with van der Waals surface area (Å²) in [5.74, 6) is 2.91. The lowest BCUT2D eigenvalue weighted by Crippen LogP contribution is -2.06. The number of nitrogens with zero attached hydrogens (tertiary/aromatic N) is 2. The molecule has 0 saturated carbocycles. The molecular formula is C21H22N4O2. The van der Waals surface area contributed by atoms with Crippen LogP contribution in [-0.2, 0) is 6.54 Å². The lowest BCUT2D eigenvalue weighted by Gasteiger charge is -2.13. The molecule has 0 bridgehead atoms. The van der Waals surface area contributed by atoms with Gasteiger partial charge in [0.25, 0.3) is 0 Å². The van der Waals surface area contributed by atoms with Crippen molar-refractivity contribution < 1.29 is 9.47 Å². The molecular weight excluding hydrogens is 340 g/mol. The van der Waals surface area contributed by atoms with Crippen molar-refractivity contribution in [2.75, 3.05) is 17.4 Å². The van der Waals surface area contributed by atoms with Crippen LogP contribution in [0.5, 0.6) is 11.5 Å². The van der Waals surface area contributed by atoms with Crippen LogP contribution in [0.3, 0.4) is 0 Å². The monoisotopic (exact) mass is 362 g/mol. The van der Waals surface area contributed by atoms with E-state index in [1.165, 1.54) is 11.1 Å². The van der Waals surface area contributed by atoms with Crippen LogP contribution in [0.4, 0.5) is 17.5 Å². The van der Waals surface area contributed by atoms with E-state index in [2.05, 4.69) is 46.6 Å². The first-order chi connectivity index (χ1) is 13.1. The van der Waals surface area contributed by atoms with Crippen LogP contribution in [-0.4, -0.2) is 16.8 Å². The topological polar surface area (TPSA) is 68.3 Å². The zero-order valence-corrected chi connectivity index (χ0v) is 15.7. The molecule has 0 spiro atoms. The third-order valence-corrected chi connectivity index (χ3v) is 4.61. The molecule has 4 rings (SSSR count). The van der Waals surface area contributed by atoms with Crippen LogP contribution in [0.25, 0.3) is 0 Å². The largest absolute Gasteiger partial charge is 0.454 e. The van der Waals surface area contributed by atoms with E-state index in [0.29, 0.717) is 12.5 Å². The maximum Gasteiger partial charge on any atom is 0.231 e. The Labute approximate surface area is 158 Å². The number of rotatable bonds is 5. The van der Waals surface area contributed by atoms with Gasteiger partial charge in [0.05, 0.1) is 0 Å². The van der Waals surface area contributed by atoms with Crippen molar-refractivity contribution >= 4 is 17.5 Å². The van der Waals surface area contributed by atoms with E-state index < -0.39 is 0 Å². The summed E-state index contributed by atoms with van der Waals surface area (Å²) in [5.41, 5.74) is 5.48. The number of aryl methyl sites for hydroxylation is 2. The SMILES string of the molecule is Cc1cc(Nc2cccc(C)c2C)nc(NCc2ccc3c(c2)OCO3)n1. The van der Waals surface area contributed by atoms with Crippen molar-refractivity contribution in [2.45, 2.75) is 27.3 Å². The van der Waals surface area contributed by atoms with Crippen molar-refractivity contribution in [3.63, 3.8) is 0 Å². The fraction of sp³-hybridized carbons (Fsp3) is 0.238. The highest BCUT2D eigenvalue weighted by atomic mass is 16.7. The third-order valence-electron chi connectivity index (χ3n) is 4.61. The van der Waals surface area contributed by atoms with E-state index in [1.807, 2.05) is 37.3 Å². The number of fused-ring (bicyclic) bond motifs is 1. The summed E-state index contributed by atoms with van der Waals surface area (Å²) in [6.07, 6.45) is 0. The lowest BCUT2D eigenvalue weighted by atomic mass is 10.1. The van der Waals surface area contributed by atoms with Crippen LogP contribution in [0.15, 0.2) is 42.5 Å². The second kappa shape index (κ2) is 7.15. The van der Waals surface area contributed by atoms with Crippen molar-refractivity contribution in [3.05, 3.63) is 64.8 Å². The first-order valence-electron chi connectivity index (χ1n) is 8.90. The van der Waals surface area contributed by atoms with Gasteiger partial charge in [-0.05, 0) is 55.7 Å². The molecule has 0 amide bonds. The number of nitrogens with one attached hydrogen (secondary N) is 2. The van der Waals surface area contributed by atoms with Gasteiger partial charge in [0.1, 0.15) is 5.82 Å². The van der Waals surface area contributed by atoms with Gasteiger partial charge in [-0.2, -0.15) is 4.98 Å². The average Bonchev–Trinajstić information content (AvgIpc) is 3.11. The van der Waals surface area contributed by atoms with Crippen LogP contribution in [0, 0.1) is 20.8 Å². The van der Waals surface area contributed by atoms with E-state index in [9.17, 15) is 0 Å². The summed E-state index contributed by atoms with van der Waals surface area (Å²) in [5, 5.41) is 6.69. The molecule has 1 aliphatic rings. The second-order valence-electron chi connectivity index (χ2n) is 6.63. The summed E-state index contributed by atoms with van der Waals surface area (Å²) < 4.78 is 10.8. The van der Waals surface area contributed by atoms with Gasteiger partial charge in [-0.15, -0.1) is 0 Å². The van der Waals surface area contributed by atoms with Crippen molar-refractivity contribution in [2.24, 2.45) is 0 Å². The molecule has 27 heavy (non-hydrogen) atoms. The molecule has 138 valence electrons. The molecule has 1 aliphatic heterocycles. The summed E-state index contributed by atoms with van der Waals surface area (Å²) in [4.78, 5) is 9.08. The quantitative estimate of drug-likeness (QED) is 0.697. The zero-order chi connectivity index (χ0) is 18.8. The fourth-order valence-electron chi connectivity index (χ4n) is 2.97. The second-order valence-corrected chi connectivity index (χ2v) is 6.63. The molecule has 3 aromatic rings. The molecule has 2 aromatic carbocycles. The number of aromatic nitrogens is 2. The Hall–Kier alpha value is -3.28. The predicted octanol–water partition coefficient (Wildman–Crippen LogP) is 4.49. The van der Waals surface area contributed by atoms with Crippen molar-refractivity contribution in [1.82, 2.24) is 9.97 Å². The highest BCUT2D eigenvalue weighted by molar-refractivity contribution is 5.62. The third kappa shape index (κ3) is 3.79. The van der Waals surface area contributed by atoms with Gasteiger partial charge in [0.2, 0.25) is 12.7 Å². The van der Waals surface area contributed by atoms with Crippen LogP contribution < -0.4 is 20.1 Å². The van der Waals surface area contributed by atoms with E-state index >= 15 is 0 Å². The molecule has 0 radical (unpaired) electrons. The fourth-order valence-corrected chi connectivity index (χ4v) is 2.97. The Morgan fingerprint density at radius 3 is 2.70 bits per heavy atom. The average molecular weight is 362 g/mol. The zero-order valence-electron chi connectivity index (χ0n) is 15.7. The smallest absolute Gasteiger partial charge is 0.231 e. The Kier molecular flexibility index (Phi) is 4.54. The Balaban J connectivity index is 1.49. The van der Waals surface area contributed by atoms with E-state index in [0.717, 1.165) is 34.3 Å². The Morgan fingerprint density at radius 2 is 1.81 bits per heavy atom. The minimum atomic E-state index is 0.278. The normalized spacial score (nSPS) is 12.1.